The Hall–Kier alpha value is -2.53. The minimum Gasteiger partial charge on any atom is -0.341 e. The summed E-state index contributed by atoms with van der Waals surface area (Å²) in [4.78, 5) is 26.2. The van der Waals surface area contributed by atoms with E-state index in [0.29, 0.717) is 22.8 Å². The molecule has 2 aromatic rings. The Morgan fingerprint density at radius 2 is 1.92 bits per heavy atom. The summed E-state index contributed by atoms with van der Waals surface area (Å²) in [6.07, 6.45) is 1.97. The second kappa shape index (κ2) is 8.23. The number of halogens is 1. The van der Waals surface area contributed by atoms with Crippen molar-refractivity contribution in [3.63, 3.8) is 0 Å². The molecule has 1 atom stereocenters. The molecule has 2 aromatic carbocycles. The van der Waals surface area contributed by atoms with Crippen molar-refractivity contribution in [3.8, 4) is 0 Å². The van der Waals surface area contributed by atoms with E-state index < -0.39 is 0 Å². The summed E-state index contributed by atoms with van der Waals surface area (Å²) in [5.74, 6) is 0.0810. The number of rotatable bonds is 3. The number of piperidine rings is 1. The van der Waals surface area contributed by atoms with Crippen LogP contribution >= 0.6 is 11.6 Å². The maximum Gasteiger partial charge on any atom is 0.317 e. The predicted octanol–water partition coefficient (Wildman–Crippen LogP) is 4.11. The lowest BCUT2D eigenvalue weighted by Gasteiger charge is -2.32. The number of carbonyl (C=O) groups is 2. The van der Waals surface area contributed by atoms with E-state index in [-0.39, 0.29) is 17.9 Å². The Morgan fingerprint density at radius 3 is 2.65 bits per heavy atom. The van der Waals surface area contributed by atoms with Gasteiger partial charge >= 0.3 is 6.03 Å². The third kappa shape index (κ3) is 4.35. The van der Waals surface area contributed by atoms with Crippen molar-refractivity contribution in [2.75, 3.05) is 25.5 Å². The fourth-order valence-electron chi connectivity index (χ4n) is 3.26. The summed E-state index contributed by atoms with van der Waals surface area (Å²) >= 11 is 5.87. The zero-order valence-electron chi connectivity index (χ0n) is 14.7. The molecule has 2 N–H and O–H groups in total. The van der Waals surface area contributed by atoms with E-state index in [1.807, 2.05) is 23.1 Å². The lowest BCUT2D eigenvalue weighted by molar-refractivity contribution is 0.102. The maximum absolute atomic E-state index is 12.5. The molecule has 0 aromatic heterocycles. The molecule has 1 saturated heterocycles. The third-order valence-electron chi connectivity index (χ3n) is 4.64. The molecule has 0 spiro atoms. The first-order valence-corrected chi connectivity index (χ1v) is 9.08. The fourth-order valence-corrected chi connectivity index (χ4v) is 3.39. The number of nitrogens with one attached hydrogen (secondary N) is 2. The fraction of sp³-hybridized carbons (Fsp3) is 0.300. The van der Waals surface area contributed by atoms with Crippen molar-refractivity contribution in [2.45, 2.75) is 18.8 Å². The highest BCUT2D eigenvalue weighted by Gasteiger charge is 2.24. The molecule has 136 valence electrons. The van der Waals surface area contributed by atoms with Gasteiger partial charge in [-0.2, -0.15) is 0 Å². The molecule has 1 aliphatic heterocycles. The molecule has 3 amide bonds. The van der Waals surface area contributed by atoms with Gasteiger partial charge in [-0.3, -0.25) is 4.79 Å². The first-order valence-electron chi connectivity index (χ1n) is 8.70. The SMILES string of the molecule is CNC(=O)N1CCC[C@H](c2cccc(C(=O)Nc3ccc(Cl)cc3)c2)C1. The van der Waals surface area contributed by atoms with E-state index in [4.69, 9.17) is 11.6 Å². The average molecular weight is 372 g/mol. The molecule has 0 unspecified atom stereocenters. The molecule has 0 bridgehead atoms. The Kier molecular flexibility index (Phi) is 5.78. The van der Waals surface area contributed by atoms with E-state index in [2.05, 4.69) is 10.6 Å². The second-order valence-electron chi connectivity index (χ2n) is 6.43. The lowest BCUT2D eigenvalue weighted by atomic mass is 9.89. The topological polar surface area (TPSA) is 61.4 Å². The van der Waals surface area contributed by atoms with Gasteiger partial charge in [0, 0.05) is 42.3 Å². The zero-order valence-corrected chi connectivity index (χ0v) is 15.4. The van der Waals surface area contributed by atoms with Crippen LogP contribution in [-0.4, -0.2) is 37.0 Å². The standard InChI is InChI=1S/C20H22ClN3O2/c1-22-20(26)24-11-3-6-16(13-24)14-4-2-5-15(12-14)19(25)23-18-9-7-17(21)8-10-18/h2,4-5,7-10,12,16H,3,6,11,13H2,1H3,(H,22,26)(H,23,25)/t16-/m0/s1. The molecule has 26 heavy (non-hydrogen) atoms. The van der Waals surface area contributed by atoms with Gasteiger partial charge in [0.15, 0.2) is 0 Å². The summed E-state index contributed by atoms with van der Waals surface area (Å²) in [7, 11) is 1.65. The summed E-state index contributed by atoms with van der Waals surface area (Å²) < 4.78 is 0. The molecular formula is C20H22ClN3O2. The van der Waals surface area contributed by atoms with Crippen LogP contribution in [0.15, 0.2) is 48.5 Å². The van der Waals surface area contributed by atoms with Gasteiger partial charge in [-0.15, -0.1) is 0 Å². The molecule has 0 aliphatic carbocycles. The summed E-state index contributed by atoms with van der Waals surface area (Å²) in [6.45, 7) is 1.44. The number of amides is 3. The molecule has 1 fully saturated rings. The highest BCUT2D eigenvalue weighted by Crippen LogP contribution is 2.27. The Balaban J connectivity index is 1.72. The van der Waals surface area contributed by atoms with Crippen molar-refractivity contribution in [3.05, 3.63) is 64.7 Å². The van der Waals surface area contributed by atoms with E-state index in [0.717, 1.165) is 24.9 Å². The number of benzene rings is 2. The quantitative estimate of drug-likeness (QED) is 0.852. The van der Waals surface area contributed by atoms with Crippen LogP contribution < -0.4 is 10.6 Å². The van der Waals surface area contributed by atoms with Crippen LogP contribution in [0.1, 0.15) is 34.7 Å². The minimum absolute atomic E-state index is 0.0497. The van der Waals surface area contributed by atoms with Gasteiger partial charge in [0.05, 0.1) is 0 Å². The first-order chi connectivity index (χ1) is 12.6. The Bertz CT molecular complexity index is 792. The average Bonchev–Trinajstić information content (AvgIpc) is 2.69. The highest BCUT2D eigenvalue weighted by atomic mass is 35.5. The first kappa shape index (κ1) is 18.3. The van der Waals surface area contributed by atoms with Crippen LogP contribution in [0.5, 0.6) is 0 Å². The van der Waals surface area contributed by atoms with E-state index in [1.165, 1.54) is 0 Å². The van der Waals surface area contributed by atoms with Gasteiger partial charge in [-0.25, -0.2) is 4.79 Å². The van der Waals surface area contributed by atoms with E-state index in [1.54, 1.807) is 37.4 Å². The van der Waals surface area contributed by atoms with Gasteiger partial charge in [0.25, 0.3) is 5.91 Å². The summed E-state index contributed by atoms with van der Waals surface area (Å²) in [5.41, 5.74) is 2.39. The number of urea groups is 1. The molecule has 6 heteroatoms. The third-order valence-corrected chi connectivity index (χ3v) is 4.90. The van der Waals surface area contributed by atoms with Crippen LogP contribution in [0.4, 0.5) is 10.5 Å². The van der Waals surface area contributed by atoms with E-state index >= 15 is 0 Å². The van der Waals surface area contributed by atoms with Crippen LogP contribution in [0, 0.1) is 0 Å². The number of likely N-dealkylation sites (tertiary alicyclic amines) is 1. The van der Waals surface area contributed by atoms with Crippen molar-refractivity contribution in [2.24, 2.45) is 0 Å². The van der Waals surface area contributed by atoms with Crippen molar-refractivity contribution >= 4 is 29.2 Å². The van der Waals surface area contributed by atoms with Gasteiger partial charge in [-0.1, -0.05) is 23.7 Å². The highest BCUT2D eigenvalue weighted by molar-refractivity contribution is 6.30. The molecule has 0 radical (unpaired) electrons. The minimum atomic E-state index is -0.159. The Morgan fingerprint density at radius 1 is 1.15 bits per heavy atom. The normalized spacial score (nSPS) is 16.8. The molecule has 1 heterocycles. The predicted molar refractivity (Wildman–Crippen MR) is 104 cm³/mol. The van der Waals surface area contributed by atoms with Crippen LogP contribution in [0.2, 0.25) is 5.02 Å². The number of carbonyl (C=O) groups excluding carboxylic acids is 2. The van der Waals surface area contributed by atoms with Crippen molar-refractivity contribution in [1.29, 1.82) is 0 Å². The zero-order chi connectivity index (χ0) is 18.5. The van der Waals surface area contributed by atoms with Crippen LogP contribution in [0.3, 0.4) is 0 Å². The van der Waals surface area contributed by atoms with Gasteiger partial charge in [0.2, 0.25) is 0 Å². The molecular weight excluding hydrogens is 350 g/mol. The van der Waals surface area contributed by atoms with Gasteiger partial charge in [-0.05, 0) is 54.8 Å². The van der Waals surface area contributed by atoms with Crippen LogP contribution in [0.25, 0.3) is 0 Å². The lowest BCUT2D eigenvalue weighted by Crippen LogP contribution is -2.43. The maximum atomic E-state index is 12.5. The molecule has 0 saturated carbocycles. The number of anilines is 1. The second-order valence-corrected chi connectivity index (χ2v) is 6.86. The molecule has 1 aliphatic rings. The van der Waals surface area contributed by atoms with Gasteiger partial charge < -0.3 is 15.5 Å². The summed E-state index contributed by atoms with van der Waals surface area (Å²) in [6, 6.07) is 14.6. The van der Waals surface area contributed by atoms with Crippen LogP contribution in [-0.2, 0) is 0 Å². The van der Waals surface area contributed by atoms with E-state index in [9.17, 15) is 9.59 Å². The number of nitrogens with zero attached hydrogens (tertiary/aromatic N) is 1. The Labute approximate surface area is 158 Å². The smallest absolute Gasteiger partial charge is 0.317 e. The molecule has 5 nitrogen and oxygen atoms in total. The monoisotopic (exact) mass is 371 g/mol. The largest absolute Gasteiger partial charge is 0.341 e. The number of hydrogen-bond acceptors (Lipinski definition) is 2. The molecule has 3 rings (SSSR count). The van der Waals surface area contributed by atoms with Crippen molar-refractivity contribution < 1.29 is 9.59 Å². The van der Waals surface area contributed by atoms with Gasteiger partial charge in [0.1, 0.15) is 0 Å². The number of hydrogen-bond donors (Lipinski definition) is 2. The summed E-state index contributed by atoms with van der Waals surface area (Å²) in [5, 5.41) is 6.19. The van der Waals surface area contributed by atoms with Crippen molar-refractivity contribution in [1.82, 2.24) is 10.2 Å².